The number of nitrogens with one attached hydrogen (secondary N) is 1. The Bertz CT molecular complexity index is 970. The molecule has 30 heavy (non-hydrogen) atoms. The minimum absolute atomic E-state index is 0.107. The summed E-state index contributed by atoms with van der Waals surface area (Å²) in [6.07, 6.45) is 6.38. The van der Waals surface area contributed by atoms with Crippen LogP contribution >= 0.6 is 0 Å². The van der Waals surface area contributed by atoms with Crippen molar-refractivity contribution in [3.63, 3.8) is 0 Å². The number of nitrogens with zero attached hydrogens (tertiary/aromatic N) is 1. The lowest BCUT2D eigenvalue weighted by Crippen LogP contribution is -2.49. The normalized spacial score (nSPS) is 27.8. The third-order valence-electron chi connectivity index (χ3n) is 6.72. The maximum absolute atomic E-state index is 13.4. The molecule has 0 unspecified atom stereocenters. The first-order valence-corrected chi connectivity index (χ1v) is 10.6. The Balaban J connectivity index is 1.47. The number of imide groups is 1. The molecule has 5 heteroatoms. The van der Waals surface area contributed by atoms with Crippen LogP contribution in [0.25, 0.3) is 0 Å². The Morgan fingerprint density at radius 1 is 0.867 bits per heavy atom. The molecule has 0 radical (unpaired) electrons. The Kier molecular flexibility index (Phi) is 4.74. The van der Waals surface area contributed by atoms with Crippen molar-refractivity contribution < 1.29 is 14.4 Å². The molecule has 1 N–H and O–H groups in total. The van der Waals surface area contributed by atoms with Gasteiger partial charge in [0.1, 0.15) is 6.04 Å². The minimum Gasteiger partial charge on any atom is -0.324 e. The van der Waals surface area contributed by atoms with Crippen molar-refractivity contribution in [3.8, 4) is 0 Å². The SMILES string of the molecule is O=C(Nc1ccccc1)[C@H](Cc1ccccc1)N1C(=O)[C@@H]2[C@@H](C1=O)[C@H]1C=C[C@H]2CC1. The summed E-state index contributed by atoms with van der Waals surface area (Å²) in [5.41, 5.74) is 1.57. The quantitative estimate of drug-likeness (QED) is 0.618. The average Bonchev–Trinajstić information content (AvgIpc) is 3.07. The largest absolute Gasteiger partial charge is 0.324 e. The average molecular weight is 400 g/mol. The molecule has 3 aliphatic carbocycles. The summed E-state index contributed by atoms with van der Waals surface area (Å²) in [6.45, 7) is 0. The lowest BCUT2D eigenvalue weighted by atomic mass is 9.63. The van der Waals surface area contributed by atoms with Crippen molar-refractivity contribution >= 4 is 23.4 Å². The zero-order valence-electron chi connectivity index (χ0n) is 16.6. The molecule has 1 saturated heterocycles. The predicted molar refractivity (Wildman–Crippen MR) is 113 cm³/mol. The van der Waals surface area contributed by atoms with E-state index in [1.807, 2.05) is 48.5 Å². The summed E-state index contributed by atoms with van der Waals surface area (Å²) in [7, 11) is 0. The summed E-state index contributed by atoms with van der Waals surface area (Å²) in [4.78, 5) is 41.4. The van der Waals surface area contributed by atoms with Crippen molar-refractivity contribution in [2.24, 2.45) is 23.7 Å². The Morgan fingerprint density at radius 3 is 1.93 bits per heavy atom. The van der Waals surface area contributed by atoms with E-state index in [9.17, 15) is 14.4 Å². The molecule has 152 valence electrons. The van der Waals surface area contributed by atoms with Gasteiger partial charge in [-0.15, -0.1) is 0 Å². The molecular formula is C25H24N2O3. The molecule has 1 heterocycles. The molecule has 4 aliphatic rings. The first-order valence-electron chi connectivity index (χ1n) is 10.6. The van der Waals surface area contributed by atoms with Crippen molar-refractivity contribution in [1.82, 2.24) is 4.90 Å². The number of rotatable bonds is 5. The fraction of sp³-hybridized carbons (Fsp3) is 0.320. The van der Waals surface area contributed by atoms with Crippen molar-refractivity contribution in [2.75, 3.05) is 5.32 Å². The van der Waals surface area contributed by atoms with E-state index in [1.54, 1.807) is 12.1 Å². The molecule has 0 aromatic heterocycles. The van der Waals surface area contributed by atoms with Gasteiger partial charge in [0, 0.05) is 12.1 Å². The van der Waals surface area contributed by atoms with E-state index in [4.69, 9.17) is 0 Å². The van der Waals surface area contributed by atoms with E-state index in [0.717, 1.165) is 18.4 Å². The van der Waals surface area contributed by atoms with Crippen molar-refractivity contribution in [3.05, 3.63) is 78.4 Å². The number of fused-ring (bicyclic) bond motifs is 1. The van der Waals surface area contributed by atoms with E-state index in [2.05, 4.69) is 17.5 Å². The van der Waals surface area contributed by atoms with Gasteiger partial charge in [0.2, 0.25) is 17.7 Å². The van der Waals surface area contributed by atoms with E-state index in [0.29, 0.717) is 12.1 Å². The Hall–Kier alpha value is -3.21. The first kappa shape index (κ1) is 18.8. The Labute approximate surface area is 175 Å². The van der Waals surface area contributed by atoms with Gasteiger partial charge >= 0.3 is 0 Å². The van der Waals surface area contributed by atoms with Crippen LogP contribution in [0.5, 0.6) is 0 Å². The van der Waals surface area contributed by atoms with Gasteiger partial charge in [-0.25, -0.2) is 0 Å². The number of para-hydroxylation sites is 1. The fourth-order valence-corrected chi connectivity index (χ4v) is 5.29. The minimum atomic E-state index is -0.863. The summed E-state index contributed by atoms with van der Waals surface area (Å²) in [5.74, 6) is -1.12. The van der Waals surface area contributed by atoms with Crippen LogP contribution in [-0.2, 0) is 20.8 Å². The molecule has 3 amide bonds. The van der Waals surface area contributed by atoms with Crippen LogP contribution < -0.4 is 5.32 Å². The van der Waals surface area contributed by atoms with Crippen LogP contribution in [0.4, 0.5) is 5.69 Å². The maximum Gasteiger partial charge on any atom is 0.248 e. The highest BCUT2D eigenvalue weighted by atomic mass is 16.2. The molecule has 2 aromatic rings. The number of carbonyl (C=O) groups excluding carboxylic acids is 3. The molecular weight excluding hydrogens is 376 g/mol. The molecule has 2 aromatic carbocycles. The number of allylic oxidation sites excluding steroid dienone is 2. The van der Waals surface area contributed by atoms with Gasteiger partial charge in [0.15, 0.2) is 0 Å². The highest BCUT2D eigenvalue weighted by molar-refractivity contribution is 6.10. The highest BCUT2D eigenvalue weighted by Crippen LogP contribution is 2.50. The number of anilines is 1. The van der Waals surface area contributed by atoms with Crippen LogP contribution in [0.3, 0.4) is 0 Å². The van der Waals surface area contributed by atoms with Crippen LogP contribution in [0.15, 0.2) is 72.8 Å². The monoisotopic (exact) mass is 400 g/mol. The van der Waals surface area contributed by atoms with Crippen LogP contribution in [-0.4, -0.2) is 28.7 Å². The van der Waals surface area contributed by atoms with Gasteiger partial charge in [-0.1, -0.05) is 60.7 Å². The van der Waals surface area contributed by atoms with E-state index in [-0.39, 0.29) is 41.4 Å². The second kappa shape index (κ2) is 7.56. The number of carbonyl (C=O) groups is 3. The van der Waals surface area contributed by atoms with E-state index < -0.39 is 6.04 Å². The second-order valence-corrected chi connectivity index (χ2v) is 8.45. The van der Waals surface area contributed by atoms with Gasteiger partial charge in [-0.2, -0.15) is 0 Å². The van der Waals surface area contributed by atoms with Gasteiger partial charge < -0.3 is 5.32 Å². The molecule has 1 saturated carbocycles. The second-order valence-electron chi connectivity index (χ2n) is 8.45. The number of amides is 3. The van der Waals surface area contributed by atoms with Crippen LogP contribution in [0, 0.1) is 23.7 Å². The predicted octanol–water partition coefficient (Wildman–Crippen LogP) is 3.43. The molecule has 2 bridgehead atoms. The van der Waals surface area contributed by atoms with E-state index in [1.165, 1.54) is 4.90 Å². The lowest BCUT2D eigenvalue weighted by molar-refractivity contribution is -0.146. The third kappa shape index (κ3) is 3.15. The molecule has 0 spiro atoms. The summed E-state index contributed by atoms with van der Waals surface area (Å²) in [6, 6.07) is 17.8. The molecule has 6 rings (SSSR count). The standard InChI is InChI=1S/C25H24N2O3/c28-23(26-19-9-5-2-6-10-19)20(15-16-7-3-1-4-8-16)27-24(29)21-17-11-12-18(14-13-17)22(21)25(27)30/h1-12,17-18,20-22H,13-15H2,(H,26,28)/t17-,18-,20-,21-,22-/m0/s1. The topological polar surface area (TPSA) is 66.5 Å². The lowest BCUT2D eigenvalue weighted by Gasteiger charge is -2.38. The fourth-order valence-electron chi connectivity index (χ4n) is 5.29. The number of hydrogen-bond donors (Lipinski definition) is 1. The molecule has 5 atom stereocenters. The highest BCUT2D eigenvalue weighted by Gasteiger charge is 2.58. The van der Waals surface area contributed by atoms with Gasteiger partial charge in [0.05, 0.1) is 11.8 Å². The molecule has 5 nitrogen and oxygen atoms in total. The summed E-state index contributed by atoms with van der Waals surface area (Å²) in [5, 5.41) is 2.90. The Morgan fingerprint density at radius 2 is 1.40 bits per heavy atom. The zero-order valence-corrected chi connectivity index (χ0v) is 16.6. The van der Waals surface area contributed by atoms with Crippen LogP contribution in [0.2, 0.25) is 0 Å². The van der Waals surface area contributed by atoms with Gasteiger partial charge in [0.25, 0.3) is 0 Å². The summed E-state index contributed by atoms with van der Waals surface area (Å²) >= 11 is 0. The number of likely N-dealkylation sites (tertiary alicyclic amines) is 1. The zero-order chi connectivity index (χ0) is 20.7. The van der Waals surface area contributed by atoms with Gasteiger partial charge in [-0.05, 0) is 42.4 Å². The number of hydrogen-bond acceptors (Lipinski definition) is 3. The smallest absolute Gasteiger partial charge is 0.248 e. The van der Waals surface area contributed by atoms with E-state index >= 15 is 0 Å². The molecule has 2 fully saturated rings. The van der Waals surface area contributed by atoms with Crippen molar-refractivity contribution in [2.45, 2.75) is 25.3 Å². The third-order valence-corrected chi connectivity index (χ3v) is 6.72. The van der Waals surface area contributed by atoms with Crippen molar-refractivity contribution in [1.29, 1.82) is 0 Å². The van der Waals surface area contributed by atoms with Crippen LogP contribution in [0.1, 0.15) is 18.4 Å². The molecule has 1 aliphatic heterocycles. The first-order chi connectivity index (χ1) is 14.6. The summed E-state index contributed by atoms with van der Waals surface area (Å²) < 4.78 is 0. The van der Waals surface area contributed by atoms with Gasteiger partial charge in [-0.3, -0.25) is 19.3 Å². The number of benzene rings is 2. The maximum atomic E-state index is 13.4.